The summed E-state index contributed by atoms with van der Waals surface area (Å²) in [6, 6.07) is 15.1. The largest absolute Gasteiger partial charge is 0.497 e. The summed E-state index contributed by atoms with van der Waals surface area (Å²) in [6.45, 7) is 4.86. The monoisotopic (exact) mass is 515 g/mol. The molecule has 0 atom stereocenters. The Labute approximate surface area is 223 Å². The molecule has 5 rings (SSSR count). The molecule has 1 aliphatic rings. The fourth-order valence-corrected chi connectivity index (χ4v) is 4.96. The minimum atomic E-state index is 0.240. The average Bonchev–Trinajstić information content (AvgIpc) is 3.37. The molecule has 0 unspecified atom stereocenters. The standard InChI is InChI=1S/C29H37N7O2/c1-18(2)36-17-32-26-27(34-29(35-28(26)36)33-22-11-9-21(30)10-12-22)31-16-19-5-7-20(8-6-19)24-15-23(37-3)13-14-25(24)38-4/h5-8,13-15,17-18,21-22H,9-12,16,30H2,1-4H3,(H2,31,33,34,35). The number of nitrogens with one attached hydrogen (secondary N) is 2. The third-order valence-electron chi connectivity index (χ3n) is 7.21. The van der Waals surface area contributed by atoms with Crippen LogP contribution < -0.4 is 25.8 Å². The summed E-state index contributed by atoms with van der Waals surface area (Å²) >= 11 is 0. The van der Waals surface area contributed by atoms with Gasteiger partial charge in [-0.2, -0.15) is 9.97 Å². The van der Waals surface area contributed by atoms with Crippen LogP contribution in [0.5, 0.6) is 11.5 Å². The molecule has 4 N–H and O–H groups in total. The zero-order chi connectivity index (χ0) is 26.6. The second-order valence-electron chi connectivity index (χ2n) is 10.2. The fraction of sp³-hybridized carbons (Fsp3) is 0.414. The predicted molar refractivity (Wildman–Crippen MR) is 152 cm³/mol. The van der Waals surface area contributed by atoms with Gasteiger partial charge in [0, 0.05) is 30.2 Å². The summed E-state index contributed by atoms with van der Waals surface area (Å²) in [7, 11) is 3.35. The number of imidazole rings is 1. The fourth-order valence-electron chi connectivity index (χ4n) is 4.96. The second kappa shape index (κ2) is 11.3. The van der Waals surface area contributed by atoms with Crippen molar-refractivity contribution in [2.75, 3.05) is 24.9 Å². The van der Waals surface area contributed by atoms with Gasteiger partial charge in [0.05, 0.1) is 20.5 Å². The van der Waals surface area contributed by atoms with E-state index in [2.05, 4.69) is 58.3 Å². The molecule has 9 heteroatoms. The molecular formula is C29H37N7O2. The first kappa shape index (κ1) is 25.8. The summed E-state index contributed by atoms with van der Waals surface area (Å²) < 4.78 is 13.1. The number of anilines is 2. The molecule has 2 aromatic carbocycles. The van der Waals surface area contributed by atoms with Crippen molar-refractivity contribution in [3.8, 4) is 22.6 Å². The van der Waals surface area contributed by atoms with Crippen LogP contribution in [-0.2, 0) is 6.54 Å². The van der Waals surface area contributed by atoms with Gasteiger partial charge in [0.2, 0.25) is 5.95 Å². The predicted octanol–water partition coefficient (Wildman–Crippen LogP) is 5.39. The molecule has 4 aromatic rings. The maximum absolute atomic E-state index is 6.10. The molecule has 0 bridgehead atoms. The van der Waals surface area contributed by atoms with E-state index < -0.39 is 0 Å². The Morgan fingerprint density at radius 1 is 1.00 bits per heavy atom. The van der Waals surface area contributed by atoms with Crippen LogP contribution >= 0.6 is 0 Å². The van der Waals surface area contributed by atoms with Crippen LogP contribution in [0.25, 0.3) is 22.3 Å². The molecule has 9 nitrogen and oxygen atoms in total. The Morgan fingerprint density at radius 2 is 1.76 bits per heavy atom. The lowest BCUT2D eigenvalue weighted by molar-refractivity contribution is 0.404. The van der Waals surface area contributed by atoms with E-state index in [9.17, 15) is 0 Å². The van der Waals surface area contributed by atoms with Crippen molar-refractivity contribution in [3.05, 3.63) is 54.4 Å². The number of aromatic nitrogens is 4. The maximum atomic E-state index is 6.10. The summed E-state index contributed by atoms with van der Waals surface area (Å²) in [5, 5.41) is 7.06. The number of nitrogens with two attached hydrogens (primary N) is 1. The first-order valence-electron chi connectivity index (χ1n) is 13.3. The number of methoxy groups -OCH3 is 2. The van der Waals surface area contributed by atoms with Crippen molar-refractivity contribution in [2.24, 2.45) is 5.73 Å². The zero-order valence-corrected chi connectivity index (χ0v) is 22.6. The Bertz CT molecular complexity index is 1380. The minimum absolute atomic E-state index is 0.240. The number of rotatable bonds is 9. The van der Waals surface area contributed by atoms with Gasteiger partial charge in [-0.1, -0.05) is 24.3 Å². The van der Waals surface area contributed by atoms with E-state index in [1.165, 1.54) is 0 Å². The molecule has 1 saturated carbocycles. The highest BCUT2D eigenvalue weighted by Gasteiger charge is 2.21. The van der Waals surface area contributed by atoms with Crippen molar-refractivity contribution >= 4 is 22.9 Å². The van der Waals surface area contributed by atoms with Crippen LogP contribution in [0.3, 0.4) is 0 Å². The van der Waals surface area contributed by atoms with E-state index in [4.69, 9.17) is 25.2 Å². The minimum Gasteiger partial charge on any atom is -0.497 e. The molecule has 0 radical (unpaired) electrons. The Kier molecular flexibility index (Phi) is 7.64. The van der Waals surface area contributed by atoms with E-state index in [-0.39, 0.29) is 6.04 Å². The van der Waals surface area contributed by atoms with Crippen molar-refractivity contribution in [2.45, 2.75) is 64.2 Å². The highest BCUT2D eigenvalue weighted by molar-refractivity contribution is 5.84. The lowest BCUT2D eigenvalue weighted by Gasteiger charge is -2.27. The number of hydrogen-bond acceptors (Lipinski definition) is 8. The summed E-state index contributed by atoms with van der Waals surface area (Å²) in [4.78, 5) is 14.3. The SMILES string of the molecule is COc1ccc(OC)c(-c2ccc(CNc3nc(NC4CCC(N)CC4)nc4c3ncn4C(C)C)cc2)c1. The number of ether oxygens (including phenoxy) is 2. The molecule has 1 aliphatic carbocycles. The number of nitrogens with zero attached hydrogens (tertiary/aromatic N) is 4. The Hall–Kier alpha value is -3.85. The normalized spacial score (nSPS) is 17.5. The number of fused-ring (bicyclic) bond motifs is 1. The molecule has 0 aliphatic heterocycles. The molecule has 2 heterocycles. The lowest BCUT2D eigenvalue weighted by Crippen LogP contribution is -2.33. The smallest absolute Gasteiger partial charge is 0.227 e. The summed E-state index contributed by atoms with van der Waals surface area (Å²) in [5.74, 6) is 2.95. The van der Waals surface area contributed by atoms with Crippen LogP contribution in [0, 0.1) is 0 Å². The van der Waals surface area contributed by atoms with Crippen LogP contribution in [0.4, 0.5) is 11.8 Å². The number of hydrogen-bond donors (Lipinski definition) is 3. The van der Waals surface area contributed by atoms with Gasteiger partial charge in [-0.05, 0) is 68.9 Å². The first-order chi connectivity index (χ1) is 18.4. The van der Waals surface area contributed by atoms with Gasteiger partial charge in [0.25, 0.3) is 0 Å². The molecule has 1 fully saturated rings. The Morgan fingerprint density at radius 3 is 2.45 bits per heavy atom. The van der Waals surface area contributed by atoms with Crippen molar-refractivity contribution in [1.82, 2.24) is 19.5 Å². The van der Waals surface area contributed by atoms with Crippen LogP contribution in [0.2, 0.25) is 0 Å². The lowest BCUT2D eigenvalue weighted by atomic mass is 9.92. The van der Waals surface area contributed by atoms with Crippen molar-refractivity contribution in [1.29, 1.82) is 0 Å². The molecule has 38 heavy (non-hydrogen) atoms. The highest BCUT2D eigenvalue weighted by Crippen LogP contribution is 2.33. The van der Waals surface area contributed by atoms with E-state index in [1.54, 1.807) is 14.2 Å². The van der Waals surface area contributed by atoms with Gasteiger partial charge in [-0.3, -0.25) is 0 Å². The van der Waals surface area contributed by atoms with Crippen LogP contribution in [0.15, 0.2) is 48.8 Å². The van der Waals surface area contributed by atoms with Gasteiger partial charge in [-0.15, -0.1) is 0 Å². The first-order valence-corrected chi connectivity index (χ1v) is 13.3. The van der Waals surface area contributed by atoms with Gasteiger partial charge in [-0.25, -0.2) is 4.98 Å². The van der Waals surface area contributed by atoms with Crippen molar-refractivity contribution in [3.63, 3.8) is 0 Å². The third-order valence-corrected chi connectivity index (χ3v) is 7.21. The molecule has 0 saturated heterocycles. The molecule has 2 aromatic heterocycles. The number of benzene rings is 2. The third kappa shape index (κ3) is 5.52. The maximum Gasteiger partial charge on any atom is 0.227 e. The van der Waals surface area contributed by atoms with Gasteiger partial charge in [0.1, 0.15) is 11.5 Å². The van der Waals surface area contributed by atoms with Crippen LogP contribution in [-0.4, -0.2) is 45.8 Å². The summed E-state index contributed by atoms with van der Waals surface area (Å²) in [5.41, 5.74) is 10.9. The van der Waals surface area contributed by atoms with E-state index >= 15 is 0 Å². The molecular weight excluding hydrogens is 478 g/mol. The molecule has 0 spiro atoms. The van der Waals surface area contributed by atoms with Crippen molar-refractivity contribution < 1.29 is 9.47 Å². The molecule has 200 valence electrons. The van der Waals surface area contributed by atoms with Gasteiger partial charge >= 0.3 is 0 Å². The van der Waals surface area contributed by atoms with E-state index in [0.717, 1.165) is 70.9 Å². The second-order valence-corrected chi connectivity index (χ2v) is 10.2. The van der Waals surface area contributed by atoms with Gasteiger partial charge in [0.15, 0.2) is 17.0 Å². The zero-order valence-electron chi connectivity index (χ0n) is 22.6. The van der Waals surface area contributed by atoms with E-state index in [1.807, 2.05) is 24.5 Å². The van der Waals surface area contributed by atoms with Gasteiger partial charge < -0.3 is 30.4 Å². The quantitative estimate of drug-likeness (QED) is 0.272. The topological polar surface area (TPSA) is 112 Å². The highest BCUT2D eigenvalue weighted by atomic mass is 16.5. The average molecular weight is 516 g/mol. The van der Waals surface area contributed by atoms with Crippen LogP contribution in [0.1, 0.15) is 51.1 Å². The summed E-state index contributed by atoms with van der Waals surface area (Å²) in [6.07, 6.45) is 5.94. The van der Waals surface area contributed by atoms with E-state index in [0.29, 0.717) is 24.6 Å². The Balaban J connectivity index is 1.37. The molecule has 0 amide bonds.